The number of carboxylic acid groups (broad SMARTS) is 1. The van der Waals surface area contributed by atoms with E-state index in [9.17, 15) is 29.1 Å². The molecule has 0 aliphatic carbocycles. The zero-order valence-corrected chi connectivity index (χ0v) is 17.4. The van der Waals surface area contributed by atoms with Crippen molar-refractivity contribution in [1.82, 2.24) is 35.9 Å². The van der Waals surface area contributed by atoms with Crippen LogP contribution in [0, 0.1) is 0 Å². The van der Waals surface area contributed by atoms with E-state index in [0.717, 1.165) is 0 Å². The van der Waals surface area contributed by atoms with Gasteiger partial charge in [-0.2, -0.15) is 0 Å². The van der Waals surface area contributed by atoms with Crippen LogP contribution in [0.15, 0.2) is 25.0 Å². The second-order valence-electron chi connectivity index (χ2n) is 7.02. The molecule has 178 valence electrons. The summed E-state index contributed by atoms with van der Waals surface area (Å²) in [5.74, 6) is -4.63. The van der Waals surface area contributed by atoms with Crippen molar-refractivity contribution in [3.05, 3.63) is 36.4 Å². The predicted octanol–water partition coefficient (Wildman–Crippen LogP) is -3.71. The van der Waals surface area contributed by atoms with Gasteiger partial charge >= 0.3 is 5.97 Å². The van der Waals surface area contributed by atoms with Crippen LogP contribution < -0.4 is 27.4 Å². The minimum Gasteiger partial charge on any atom is -0.480 e. The van der Waals surface area contributed by atoms with E-state index in [2.05, 4.69) is 35.9 Å². The van der Waals surface area contributed by atoms with E-state index in [1.165, 1.54) is 25.0 Å². The quantitative estimate of drug-likeness (QED) is 0.145. The summed E-state index contributed by atoms with van der Waals surface area (Å²) in [6, 6.07) is -4.02. The van der Waals surface area contributed by atoms with Crippen molar-refractivity contribution in [2.24, 2.45) is 11.5 Å². The fourth-order valence-electron chi connectivity index (χ4n) is 2.85. The topological polar surface area (TPSA) is 251 Å². The maximum absolute atomic E-state index is 12.8. The first kappa shape index (κ1) is 25.0. The minimum absolute atomic E-state index is 0.0138. The third kappa shape index (κ3) is 8.06. The van der Waals surface area contributed by atoms with Crippen LogP contribution in [0.5, 0.6) is 0 Å². The highest BCUT2D eigenvalue weighted by Crippen LogP contribution is 2.04. The highest BCUT2D eigenvalue weighted by molar-refractivity contribution is 5.95. The standard InChI is InChI=1S/C18H25N9O6/c19-4-15(29)25-11(1-9-5-21-7-23-9)16(30)26-12(3-14(20)28)17(31)27-13(18(32)33)2-10-6-22-8-24-10/h5-8,11-13H,1-4,19H2,(H2,20,28)(H,21,23)(H,22,24)(H,25,29)(H,26,30)(H,27,31)(H,32,33). The molecule has 0 spiro atoms. The van der Waals surface area contributed by atoms with Crippen LogP contribution in [0.1, 0.15) is 17.8 Å². The molecule has 2 heterocycles. The van der Waals surface area contributed by atoms with Crippen LogP contribution in [-0.2, 0) is 36.8 Å². The van der Waals surface area contributed by atoms with Gasteiger partial charge < -0.3 is 42.5 Å². The molecule has 0 aromatic carbocycles. The van der Waals surface area contributed by atoms with Crippen LogP contribution in [0.25, 0.3) is 0 Å². The summed E-state index contributed by atoms with van der Waals surface area (Å²) >= 11 is 0. The summed E-state index contributed by atoms with van der Waals surface area (Å²) in [6.07, 6.45) is 4.83. The van der Waals surface area contributed by atoms with Gasteiger partial charge in [-0.3, -0.25) is 19.2 Å². The highest BCUT2D eigenvalue weighted by Gasteiger charge is 2.31. The van der Waals surface area contributed by atoms with Crippen LogP contribution in [-0.4, -0.2) is 79.3 Å². The lowest BCUT2D eigenvalue weighted by atomic mass is 10.1. The molecule has 4 amide bonds. The van der Waals surface area contributed by atoms with Crippen molar-refractivity contribution in [3.8, 4) is 0 Å². The van der Waals surface area contributed by atoms with Crippen molar-refractivity contribution in [2.75, 3.05) is 6.54 Å². The van der Waals surface area contributed by atoms with Gasteiger partial charge in [-0.25, -0.2) is 14.8 Å². The number of H-pyrrole nitrogens is 2. The fraction of sp³-hybridized carbons (Fsp3) is 0.389. The average Bonchev–Trinajstić information content (AvgIpc) is 3.45. The maximum Gasteiger partial charge on any atom is 0.326 e. The van der Waals surface area contributed by atoms with Crippen LogP contribution >= 0.6 is 0 Å². The molecule has 0 fully saturated rings. The molecule has 3 unspecified atom stereocenters. The number of hydrogen-bond acceptors (Lipinski definition) is 8. The van der Waals surface area contributed by atoms with E-state index >= 15 is 0 Å². The molecule has 15 nitrogen and oxygen atoms in total. The number of carbonyl (C=O) groups excluding carboxylic acids is 4. The zero-order chi connectivity index (χ0) is 24.4. The van der Waals surface area contributed by atoms with Crippen molar-refractivity contribution in [3.63, 3.8) is 0 Å². The number of amides is 4. The Morgan fingerprint density at radius 2 is 1.39 bits per heavy atom. The predicted molar refractivity (Wildman–Crippen MR) is 111 cm³/mol. The first-order valence-corrected chi connectivity index (χ1v) is 9.75. The summed E-state index contributed by atoms with van der Waals surface area (Å²) in [5.41, 5.74) is 11.4. The second kappa shape index (κ2) is 11.9. The van der Waals surface area contributed by atoms with E-state index in [1.807, 2.05) is 0 Å². The lowest BCUT2D eigenvalue weighted by molar-refractivity contribution is -0.142. The summed E-state index contributed by atoms with van der Waals surface area (Å²) in [4.78, 5) is 73.5. The molecular formula is C18H25N9O6. The molecule has 0 radical (unpaired) electrons. The van der Waals surface area contributed by atoms with Gasteiger partial charge in [-0.15, -0.1) is 0 Å². The van der Waals surface area contributed by atoms with Crippen molar-refractivity contribution in [2.45, 2.75) is 37.4 Å². The number of nitrogens with two attached hydrogens (primary N) is 2. The summed E-state index contributed by atoms with van der Waals surface area (Å²) in [5, 5.41) is 16.5. The lowest BCUT2D eigenvalue weighted by Crippen LogP contribution is -2.57. The molecule has 0 aliphatic heterocycles. The largest absolute Gasteiger partial charge is 0.480 e. The van der Waals surface area contributed by atoms with Gasteiger partial charge in [0.2, 0.25) is 23.6 Å². The van der Waals surface area contributed by atoms with Crippen LogP contribution in [0.4, 0.5) is 0 Å². The van der Waals surface area contributed by atoms with Gasteiger partial charge in [0, 0.05) is 36.6 Å². The maximum atomic E-state index is 12.8. The van der Waals surface area contributed by atoms with Gasteiger partial charge in [0.25, 0.3) is 0 Å². The van der Waals surface area contributed by atoms with Crippen LogP contribution in [0.2, 0.25) is 0 Å². The van der Waals surface area contributed by atoms with Gasteiger partial charge in [0.1, 0.15) is 18.1 Å². The Kier molecular flexibility index (Phi) is 9.05. The van der Waals surface area contributed by atoms with Crippen molar-refractivity contribution < 1.29 is 29.1 Å². The molecule has 2 aromatic heterocycles. The molecule has 10 N–H and O–H groups in total. The van der Waals surface area contributed by atoms with E-state index < -0.39 is 54.1 Å². The summed E-state index contributed by atoms with van der Waals surface area (Å²) in [6.45, 7) is -0.383. The number of imidazole rings is 2. The Hall–Kier alpha value is -4.27. The van der Waals surface area contributed by atoms with E-state index in [-0.39, 0.29) is 19.4 Å². The summed E-state index contributed by atoms with van der Waals surface area (Å²) < 4.78 is 0. The van der Waals surface area contributed by atoms with Gasteiger partial charge in [0.05, 0.1) is 25.6 Å². The average molecular weight is 463 g/mol. The molecule has 2 rings (SSSR count). The van der Waals surface area contributed by atoms with Gasteiger partial charge in [0.15, 0.2) is 0 Å². The monoisotopic (exact) mass is 463 g/mol. The lowest BCUT2D eigenvalue weighted by Gasteiger charge is -2.23. The first-order chi connectivity index (χ1) is 15.7. The van der Waals surface area contributed by atoms with Crippen LogP contribution in [0.3, 0.4) is 0 Å². The van der Waals surface area contributed by atoms with Gasteiger partial charge in [-0.1, -0.05) is 0 Å². The molecule has 0 saturated heterocycles. The van der Waals surface area contributed by atoms with E-state index in [0.29, 0.717) is 11.4 Å². The zero-order valence-electron chi connectivity index (χ0n) is 17.4. The molecular weight excluding hydrogens is 438 g/mol. The number of nitrogens with one attached hydrogen (secondary N) is 5. The number of carbonyl (C=O) groups is 5. The Morgan fingerprint density at radius 3 is 1.85 bits per heavy atom. The molecule has 0 bridgehead atoms. The Bertz CT molecular complexity index is 960. The molecule has 15 heteroatoms. The highest BCUT2D eigenvalue weighted by atomic mass is 16.4. The number of hydrogen-bond donors (Lipinski definition) is 8. The Balaban J connectivity index is 2.14. The molecule has 0 aliphatic rings. The number of carboxylic acids is 1. The Morgan fingerprint density at radius 1 is 0.879 bits per heavy atom. The van der Waals surface area contributed by atoms with E-state index in [1.54, 1.807) is 0 Å². The fourth-order valence-corrected chi connectivity index (χ4v) is 2.85. The van der Waals surface area contributed by atoms with Crippen molar-refractivity contribution >= 4 is 29.6 Å². The normalized spacial score (nSPS) is 13.4. The molecule has 2 aromatic rings. The van der Waals surface area contributed by atoms with E-state index in [4.69, 9.17) is 11.5 Å². The summed E-state index contributed by atoms with van der Waals surface area (Å²) in [7, 11) is 0. The number of aromatic amines is 2. The Labute approximate surface area is 187 Å². The smallest absolute Gasteiger partial charge is 0.326 e. The minimum atomic E-state index is -1.49. The SMILES string of the molecule is NCC(=O)NC(Cc1cnc[nH]1)C(=O)NC(CC(N)=O)C(=O)NC(Cc1cnc[nH]1)C(=O)O. The number of nitrogens with zero attached hydrogens (tertiary/aromatic N) is 2. The third-order valence-corrected chi connectivity index (χ3v) is 4.45. The second-order valence-corrected chi connectivity index (χ2v) is 7.02. The number of primary amides is 1. The third-order valence-electron chi connectivity index (χ3n) is 4.45. The first-order valence-electron chi connectivity index (χ1n) is 9.75. The van der Waals surface area contributed by atoms with Gasteiger partial charge in [-0.05, 0) is 0 Å². The number of aromatic nitrogens is 4. The molecule has 0 saturated carbocycles. The molecule has 3 atom stereocenters. The van der Waals surface area contributed by atoms with Crippen molar-refractivity contribution in [1.29, 1.82) is 0 Å². The number of aliphatic carboxylic acids is 1. The number of rotatable bonds is 13. The molecule has 33 heavy (non-hydrogen) atoms.